The van der Waals surface area contributed by atoms with E-state index in [-0.39, 0.29) is 0 Å². The molecule has 0 aromatic carbocycles. The Morgan fingerprint density at radius 3 is 1.16 bits per heavy atom. The van der Waals surface area contributed by atoms with E-state index < -0.39 is 0 Å². The van der Waals surface area contributed by atoms with Gasteiger partial charge in [0.15, 0.2) is 0 Å². The quantitative estimate of drug-likeness (QED) is 0.557. The van der Waals surface area contributed by atoms with Crippen LogP contribution in [0.25, 0.3) is 0 Å². The lowest BCUT2D eigenvalue weighted by Gasteiger charge is -2.38. The molecule has 1 nitrogen and oxygen atoms in total. The van der Waals surface area contributed by atoms with Gasteiger partial charge in [-0.15, -0.1) is 0 Å². The molecule has 0 atom stereocenters. The van der Waals surface area contributed by atoms with Gasteiger partial charge < -0.3 is 4.48 Å². The zero-order chi connectivity index (χ0) is 15.6. The molecule has 118 valence electrons. The molecular formula is C18H42N+. The van der Waals surface area contributed by atoms with E-state index in [2.05, 4.69) is 69.5 Å². The summed E-state index contributed by atoms with van der Waals surface area (Å²) in [7, 11) is 4.69. The molecule has 1 fully saturated rings. The van der Waals surface area contributed by atoms with Gasteiger partial charge in [0.2, 0.25) is 0 Å². The zero-order valence-electron chi connectivity index (χ0n) is 15.6. The van der Waals surface area contributed by atoms with Gasteiger partial charge in [0.25, 0.3) is 0 Å². The standard InChI is InChI=1S/C10H22N.2C4H10/c1-9(2)10-5-7-11(3,4)8-6-10;2*1-4(2)3/h9-10H,5-8H2,1-4H3;2*4H,1-3H3/q+1;;. The van der Waals surface area contributed by atoms with Gasteiger partial charge in [-0.25, -0.2) is 0 Å². The van der Waals surface area contributed by atoms with Gasteiger partial charge in [0, 0.05) is 0 Å². The summed E-state index contributed by atoms with van der Waals surface area (Å²) in [5, 5.41) is 0. The van der Waals surface area contributed by atoms with E-state index in [4.69, 9.17) is 0 Å². The van der Waals surface area contributed by atoms with Gasteiger partial charge in [-0.05, 0) is 36.5 Å². The summed E-state index contributed by atoms with van der Waals surface area (Å²) < 4.78 is 1.24. The van der Waals surface area contributed by atoms with Crippen molar-refractivity contribution in [1.82, 2.24) is 0 Å². The van der Waals surface area contributed by atoms with E-state index in [0.29, 0.717) is 0 Å². The normalized spacial score (nSPS) is 18.8. The Hall–Kier alpha value is -0.0400. The fourth-order valence-corrected chi connectivity index (χ4v) is 1.95. The molecule has 0 N–H and O–H groups in total. The Kier molecular flexibility index (Phi) is 12.0. The minimum Gasteiger partial charge on any atom is -0.328 e. The molecule has 0 spiro atoms. The van der Waals surface area contributed by atoms with Crippen molar-refractivity contribution in [3.63, 3.8) is 0 Å². The molecule has 0 bridgehead atoms. The van der Waals surface area contributed by atoms with Crippen molar-refractivity contribution >= 4 is 0 Å². The summed E-state index contributed by atoms with van der Waals surface area (Å²) in [6.07, 6.45) is 2.87. The molecule has 19 heavy (non-hydrogen) atoms. The maximum absolute atomic E-state index is 2.36. The number of likely N-dealkylation sites (tertiary alicyclic amines) is 1. The lowest BCUT2D eigenvalue weighted by Crippen LogP contribution is -2.46. The van der Waals surface area contributed by atoms with Crippen LogP contribution in [0, 0.1) is 23.7 Å². The Balaban J connectivity index is 0. The summed E-state index contributed by atoms with van der Waals surface area (Å²) in [5.41, 5.74) is 0. The summed E-state index contributed by atoms with van der Waals surface area (Å²) in [6.45, 7) is 20.5. The van der Waals surface area contributed by atoms with E-state index in [1.54, 1.807) is 0 Å². The molecule has 0 aromatic rings. The van der Waals surface area contributed by atoms with E-state index in [1.165, 1.54) is 30.4 Å². The highest BCUT2D eigenvalue weighted by Gasteiger charge is 2.27. The van der Waals surface area contributed by atoms with Gasteiger partial charge in [-0.2, -0.15) is 0 Å². The van der Waals surface area contributed by atoms with Gasteiger partial charge >= 0.3 is 0 Å². The van der Waals surface area contributed by atoms with Crippen molar-refractivity contribution in [2.24, 2.45) is 23.7 Å². The molecule has 1 aliphatic heterocycles. The van der Waals surface area contributed by atoms with E-state index >= 15 is 0 Å². The van der Waals surface area contributed by atoms with Crippen LogP contribution in [0.3, 0.4) is 0 Å². The average molecular weight is 273 g/mol. The molecule has 0 unspecified atom stereocenters. The number of hydrogen-bond donors (Lipinski definition) is 0. The fraction of sp³-hybridized carbons (Fsp3) is 1.00. The second kappa shape index (κ2) is 10.7. The second-order valence-electron chi connectivity index (χ2n) is 8.43. The summed E-state index contributed by atoms with van der Waals surface area (Å²) in [6, 6.07) is 0. The second-order valence-corrected chi connectivity index (χ2v) is 8.43. The Morgan fingerprint density at radius 1 is 0.684 bits per heavy atom. The fourth-order valence-electron chi connectivity index (χ4n) is 1.95. The van der Waals surface area contributed by atoms with E-state index in [1.807, 2.05) is 0 Å². The van der Waals surface area contributed by atoms with Crippen LogP contribution in [0.1, 0.15) is 68.2 Å². The number of quaternary nitrogens is 1. The van der Waals surface area contributed by atoms with Crippen LogP contribution >= 0.6 is 0 Å². The summed E-state index contributed by atoms with van der Waals surface area (Å²) in [5.74, 6) is 3.57. The van der Waals surface area contributed by atoms with Gasteiger partial charge in [-0.1, -0.05) is 55.4 Å². The Morgan fingerprint density at radius 2 is 0.947 bits per heavy atom. The maximum atomic E-state index is 2.36. The highest BCUT2D eigenvalue weighted by molar-refractivity contribution is 4.66. The van der Waals surface area contributed by atoms with Crippen molar-refractivity contribution < 1.29 is 4.48 Å². The Labute approximate surface area is 124 Å². The molecule has 0 radical (unpaired) electrons. The van der Waals surface area contributed by atoms with Crippen molar-refractivity contribution in [2.75, 3.05) is 27.2 Å². The van der Waals surface area contributed by atoms with Gasteiger partial charge in [0.05, 0.1) is 27.2 Å². The van der Waals surface area contributed by atoms with Crippen LogP contribution in [-0.2, 0) is 0 Å². The SMILES string of the molecule is CC(C)C.CC(C)C.CC(C)C1CC[N+](C)(C)CC1. The predicted octanol–water partition coefficient (Wildman–Crippen LogP) is 5.45. The number of piperidine rings is 1. The van der Waals surface area contributed by atoms with E-state index in [9.17, 15) is 0 Å². The van der Waals surface area contributed by atoms with Gasteiger partial charge in [0.1, 0.15) is 0 Å². The predicted molar refractivity (Wildman–Crippen MR) is 90.4 cm³/mol. The first-order valence-corrected chi connectivity index (χ1v) is 8.30. The lowest BCUT2D eigenvalue weighted by atomic mass is 9.86. The smallest absolute Gasteiger partial charge is 0.0785 e. The van der Waals surface area contributed by atoms with Crippen molar-refractivity contribution in [1.29, 1.82) is 0 Å². The molecule has 0 saturated carbocycles. The monoisotopic (exact) mass is 272 g/mol. The van der Waals surface area contributed by atoms with Crippen LogP contribution < -0.4 is 0 Å². The van der Waals surface area contributed by atoms with Crippen LogP contribution in [0.15, 0.2) is 0 Å². The third kappa shape index (κ3) is 18.0. The molecule has 1 aliphatic rings. The number of rotatable bonds is 1. The third-order valence-electron chi connectivity index (χ3n) is 3.15. The third-order valence-corrected chi connectivity index (χ3v) is 3.15. The summed E-state index contributed by atoms with van der Waals surface area (Å²) in [4.78, 5) is 0. The minimum atomic E-state index is 0.833. The van der Waals surface area contributed by atoms with Crippen LogP contribution in [0.4, 0.5) is 0 Å². The molecule has 0 amide bonds. The highest BCUT2D eigenvalue weighted by atomic mass is 15.3. The molecule has 0 aliphatic carbocycles. The molecule has 1 rings (SSSR count). The molecule has 0 aromatic heterocycles. The minimum absolute atomic E-state index is 0.833. The molecular weight excluding hydrogens is 230 g/mol. The zero-order valence-corrected chi connectivity index (χ0v) is 15.6. The lowest BCUT2D eigenvalue weighted by molar-refractivity contribution is -0.896. The van der Waals surface area contributed by atoms with Crippen LogP contribution in [0.2, 0.25) is 0 Å². The number of nitrogens with zero attached hydrogens (tertiary/aromatic N) is 1. The van der Waals surface area contributed by atoms with Gasteiger partial charge in [-0.3, -0.25) is 0 Å². The van der Waals surface area contributed by atoms with Crippen molar-refractivity contribution in [2.45, 2.75) is 68.2 Å². The molecule has 1 heterocycles. The summed E-state index contributed by atoms with van der Waals surface area (Å²) >= 11 is 0. The number of hydrogen-bond acceptors (Lipinski definition) is 0. The van der Waals surface area contributed by atoms with Crippen molar-refractivity contribution in [3.8, 4) is 0 Å². The topological polar surface area (TPSA) is 0 Å². The van der Waals surface area contributed by atoms with Crippen molar-refractivity contribution in [3.05, 3.63) is 0 Å². The molecule has 1 heteroatoms. The highest BCUT2D eigenvalue weighted by Crippen LogP contribution is 2.26. The average Bonchev–Trinajstić information content (AvgIpc) is 2.14. The molecule has 1 saturated heterocycles. The maximum Gasteiger partial charge on any atom is 0.0785 e. The first-order valence-electron chi connectivity index (χ1n) is 8.30. The first kappa shape index (κ1) is 21.3. The Bertz CT molecular complexity index is 170. The van der Waals surface area contributed by atoms with E-state index in [0.717, 1.165) is 23.7 Å². The van der Waals surface area contributed by atoms with Crippen LogP contribution in [0.5, 0.6) is 0 Å². The largest absolute Gasteiger partial charge is 0.328 e. The van der Waals surface area contributed by atoms with Crippen LogP contribution in [-0.4, -0.2) is 31.7 Å². The first-order chi connectivity index (χ1) is 8.48.